The molecule has 0 radical (unpaired) electrons. The number of ether oxygens (including phenoxy) is 1. The zero-order chi connectivity index (χ0) is 24.9. The lowest BCUT2D eigenvalue weighted by Crippen LogP contribution is -2.38. The normalized spacial score (nSPS) is 17.7. The summed E-state index contributed by atoms with van der Waals surface area (Å²) >= 11 is 0. The highest BCUT2D eigenvalue weighted by molar-refractivity contribution is 5.93. The van der Waals surface area contributed by atoms with E-state index in [0.717, 1.165) is 37.9 Å². The van der Waals surface area contributed by atoms with Gasteiger partial charge in [-0.3, -0.25) is 4.79 Å². The lowest BCUT2D eigenvalue weighted by molar-refractivity contribution is -0.0581. The highest BCUT2D eigenvalue weighted by Crippen LogP contribution is 2.26. The fraction of sp³-hybridized carbons (Fsp3) is 0.444. The topological polar surface area (TPSA) is 80.0 Å². The van der Waals surface area contributed by atoms with E-state index in [-0.39, 0.29) is 11.9 Å². The van der Waals surface area contributed by atoms with Crippen molar-refractivity contribution in [2.24, 2.45) is 0 Å². The van der Waals surface area contributed by atoms with Crippen molar-refractivity contribution < 1.29 is 19.0 Å². The fourth-order valence-electron chi connectivity index (χ4n) is 4.52. The number of amides is 1. The van der Waals surface area contributed by atoms with E-state index < -0.39 is 12.1 Å². The van der Waals surface area contributed by atoms with Gasteiger partial charge < -0.3 is 14.7 Å². The molecular formula is C27H33FN4O3. The van der Waals surface area contributed by atoms with Gasteiger partial charge in [0.05, 0.1) is 5.69 Å². The van der Waals surface area contributed by atoms with Crippen LogP contribution in [0.2, 0.25) is 0 Å². The first kappa shape index (κ1) is 25.0. The van der Waals surface area contributed by atoms with Crippen LogP contribution in [0, 0.1) is 5.82 Å². The Labute approximate surface area is 205 Å². The summed E-state index contributed by atoms with van der Waals surface area (Å²) in [5.74, 6) is -0.495. The van der Waals surface area contributed by atoms with E-state index in [0.29, 0.717) is 41.2 Å². The minimum Gasteiger partial charge on any atom is -0.365 e. The van der Waals surface area contributed by atoms with Crippen molar-refractivity contribution in [3.63, 3.8) is 0 Å². The maximum absolute atomic E-state index is 15.0. The van der Waals surface area contributed by atoms with Crippen molar-refractivity contribution in [2.75, 3.05) is 13.2 Å². The summed E-state index contributed by atoms with van der Waals surface area (Å²) in [6.45, 7) is 7.00. The predicted molar refractivity (Wildman–Crippen MR) is 133 cm³/mol. The van der Waals surface area contributed by atoms with Crippen LogP contribution < -0.4 is 0 Å². The molecule has 8 heteroatoms. The van der Waals surface area contributed by atoms with Crippen LogP contribution in [0.1, 0.15) is 68.2 Å². The van der Waals surface area contributed by atoms with Crippen molar-refractivity contribution in [1.82, 2.24) is 19.5 Å². The van der Waals surface area contributed by atoms with E-state index >= 15 is 0 Å². The monoisotopic (exact) mass is 480 g/mol. The third-order valence-corrected chi connectivity index (χ3v) is 6.46. The molecule has 0 spiro atoms. The van der Waals surface area contributed by atoms with Gasteiger partial charge in [0.1, 0.15) is 11.5 Å². The summed E-state index contributed by atoms with van der Waals surface area (Å²) in [6.07, 6.45) is 6.97. The molecule has 3 heterocycles. The second-order valence-electron chi connectivity index (χ2n) is 8.93. The minimum atomic E-state index is -1.03. The van der Waals surface area contributed by atoms with Gasteiger partial charge in [-0.05, 0) is 62.9 Å². The number of nitrogens with zero attached hydrogens (tertiary/aromatic N) is 4. The summed E-state index contributed by atoms with van der Waals surface area (Å²) in [5.41, 5.74) is 3.16. The summed E-state index contributed by atoms with van der Waals surface area (Å²) in [6, 6.07) is 8.50. The summed E-state index contributed by atoms with van der Waals surface area (Å²) < 4.78 is 21.7. The van der Waals surface area contributed by atoms with Crippen LogP contribution in [0.15, 0.2) is 36.4 Å². The predicted octanol–water partition coefficient (Wildman–Crippen LogP) is 4.87. The fourth-order valence-corrected chi connectivity index (χ4v) is 4.52. The number of aryl methyl sites for hydroxylation is 1. The lowest BCUT2D eigenvalue weighted by atomic mass is 10.1. The molecular weight excluding hydrogens is 447 g/mol. The number of aromatic nitrogens is 3. The third kappa shape index (κ3) is 5.60. The highest BCUT2D eigenvalue weighted by Gasteiger charge is 2.25. The summed E-state index contributed by atoms with van der Waals surface area (Å²) in [4.78, 5) is 19.9. The molecule has 1 aliphatic rings. The van der Waals surface area contributed by atoms with Crippen LogP contribution in [0.3, 0.4) is 0 Å². The average Bonchev–Trinajstić information content (AvgIpc) is 3.16. The van der Waals surface area contributed by atoms with Crippen LogP contribution in [0.5, 0.6) is 0 Å². The van der Waals surface area contributed by atoms with Gasteiger partial charge in [-0.25, -0.2) is 13.9 Å². The number of aliphatic hydroxyl groups excluding tert-OH is 1. The first-order valence-corrected chi connectivity index (χ1v) is 12.4. The molecule has 1 aliphatic heterocycles. The first-order valence-electron chi connectivity index (χ1n) is 12.4. The van der Waals surface area contributed by atoms with Gasteiger partial charge in [-0.2, -0.15) is 5.10 Å². The molecule has 0 saturated carbocycles. The number of carbonyl (C=O) groups is 1. The second-order valence-corrected chi connectivity index (χ2v) is 8.93. The van der Waals surface area contributed by atoms with E-state index in [2.05, 4.69) is 17.0 Å². The van der Waals surface area contributed by atoms with Crippen LogP contribution in [0.4, 0.5) is 4.39 Å². The molecule has 35 heavy (non-hydrogen) atoms. The largest absolute Gasteiger partial charge is 0.365 e. The molecule has 7 nitrogen and oxygen atoms in total. The number of hydrogen-bond donors (Lipinski definition) is 1. The quantitative estimate of drug-likeness (QED) is 0.488. The van der Waals surface area contributed by atoms with Crippen molar-refractivity contribution in [3.8, 4) is 11.3 Å². The third-order valence-electron chi connectivity index (χ3n) is 6.46. The molecule has 3 aromatic rings. The molecule has 1 aromatic carbocycles. The van der Waals surface area contributed by atoms with E-state index in [1.807, 2.05) is 11.8 Å². The van der Waals surface area contributed by atoms with Gasteiger partial charge in [0.15, 0.2) is 11.9 Å². The van der Waals surface area contributed by atoms with Gasteiger partial charge in [-0.1, -0.05) is 31.9 Å². The second kappa shape index (κ2) is 11.1. The Balaban J connectivity index is 1.65. The molecule has 1 N–H and O–H groups in total. The first-order chi connectivity index (χ1) is 16.9. The standard InChI is InChI=1S/C27H33FN4O3/c1-4-20-16-24(27(34)31-14-8-6-7-9-18(31)3)29-25-17-23(30-32(20)25)21-12-10-19(15-22(21)28)11-13-26(33)35-5-2/h10-13,15-18,26,33H,4-9,14H2,1-3H3/b13-11+/t18-,26?/m1/s1. The molecule has 1 unspecified atom stereocenters. The number of aliphatic hydroxyl groups is 1. The number of carbonyl (C=O) groups excluding carboxylic acids is 1. The van der Waals surface area contributed by atoms with Gasteiger partial charge >= 0.3 is 0 Å². The van der Waals surface area contributed by atoms with Crippen LogP contribution in [-0.2, 0) is 11.2 Å². The Morgan fingerprint density at radius 2 is 2.09 bits per heavy atom. The van der Waals surface area contributed by atoms with Crippen LogP contribution >= 0.6 is 0 Å². The molecule has 0 aliphatic carbocycles. The van der Waals surface area contributed by atoms with Crippen molar-refractivity contribution in [3.05, 3.63) is 59.2 Å². The molecule has 1 amide bonds. The Hall–Kier alpha value is -3.10. The van der Waals surface area contributed by atoms with Crippen molar-refractivity contribution in [2.45, 2.75) is 65.2 Å². The van der Waals surface area contributed by atoms with Gasteiger partial charge in [0, 0.05) is 36.5 Å². The average molecular weight is 481 g/mol. The van der Waals surface area contributed by atoms with Crippen LogP contribution in [0.25, 0.3) is 23.0 Å². The Kier molecular flexibility index (Phi) is 7.93. The molecule has 4 rings (SSSR count). The number of benzene rings is 1. The molecule has 1 fully saturated rings. The lowest BCUT2D eigenvalue weighted by Gasteiger charge is -2.27. The van der Waals surface area contributed by atoms with Gasteiger partial charge in [-0.15, -0.1) is 0 Å². The number of fused-ring (bicyclic) bond motifs is 1. The Morgan fingerprint density at radius 1 is 1.26 bits per heavy atom. The van der Waals surface area contributed by atoms with Crippen molar-refractivity contribution >= 4 is 17.6 Å². The maximum atomic E-state index is 15.0. The minimum absolute atomic E-state index is 0.0593. The number of likely N-dealkylation sites (tertiary alicyclic amines) is 1. The molecule has 186 valence electrons. The van der Waals surface area contributed by atoms with E-state index in [1.165, 1.54) is 12.1 Å². The van der Waals surface area contributed by atoms with Gasteiger partial charge in [0.2, 0.25) is 0 Å². The summed E-state index contributed by atoms with van der Waals surface area (Å²) in [7, 11) is 0. The zero-order valence-electron chi connectivity index (χ0n) is 20.6. The number of halogens is 1. The SMILES string of the molecule is CCOC(O)/C=C/c1ccc(-c2cc3nc(C(=O)N4CCCCC[C@H]4C)cc(CC)n3n2)c(F)c1. The smallest absolute Gasteiger partial charge is 0.272 e. The van der Waals surface area contributed by atoms with Crippen LogP contribution in [-0.4, -0.2) is 56.0 Å². The highest BCUT2D eigenvalue weighted by atomic mass is 19.1. The summed E-state index contributed by atoms with van der Waals surface area (Å²) in [5, 5.41) is 14.3. The molecule has 0 bridgehead atoms. The maximum Gasteiger partial charge on any atom is 0.272 e. The zero-order valence-corrected chi connectivity index (χ0v) is 20.6. The van der Waals surface area contributed by atoms with E-state index in [1.54, 1.807) is 41.8 Å². The molecule has 1 saturated heterocycles. The number of hydrogen-bond acceptors (Lipinski definition) is 5. The van der Waals surface area contributed by atoms with Crippen molar-refractivity contribution in [1.29, 1.82) is 0 Å². The van der Waals surface area contributed by atoms with E-state index in [9.17, 15) is 14.3 Å². The Bertz CT molecular complexity index is 1220. The number of rotatable bonds is 7. The van der Waals surface area contributed by atoms with Gasteiger partial charge in [0.25, 0.3) is 5.91 Å². The van der Waals surface area contributed by atoms with E-state index in [4.69, 9.17) is 4.74 Å². The Morgan fingerprint density at radius 3 is 2.83 bits per heavy atom. The molecule has 2 aromatic heterocycles. The molecule has 2 atom stereocenters.